The van der Waals surface area contributed by atoms with Crippen LogP contribution in [0.2, 0.25) is 0 Å². The third-order valence-corrected chi connectivity index (χ3v) is 3.08. The number of hydrogen-bond donors (Lipinski definition) is 2. The van der Waals surface area contributed by atoms with Crippen LogP contribution in [0.3, 0.4) is 0 Å². The topological polar surface area (TPSA) is 73.1 Å². The zero-order chi connectivity index (χ0) is 12.3. The van der Waals surface area contributed by atoms with Gasteiger partial charge in [-0.25, -0.2) is 4.98 Å². The van der Waals surface area contributed by atoms with Crippen LogP contribution in [0.15, 0.2) is 6.07 Å². The zero-order valence-corrected chi connectivity index (χ0v) is 10.5. The van der Waals surface area contributed by atoms with Crippen molar-refractivity contribution in [3.63, 3.8) is 0 Å². The predicted molar refractivity (Wildman–Crippen MR) is 67.2 cm³/mol. The van der Waals surface area contributed by atoms with Crippen LogP contribution in [-0.4, -0.2) is 28.7 Å². The van der Waals surface area contributed by atoms with Crippen LogP contribution >= 0.6 is 0 Å². The first-order valence-electron chi connectivity index (χ1n) is 6.12. The van der Waals surface area contributed by atoms with Gasteiger partial charge in [0, 0.05) is 18.2 Å². The van der Waals surface area contributed by atoms with E-state index in [1.807, 2.05) is 19.9 Å². The van der Waals surface area contributed by atoms with Crippen molar-refractivity contribution in [2.45, 2.75) is 38.6 Å². The molecule has 1 aliphatic carbocycles. The lowest BCUT2D eigenvalue weighted by atomic mass is 9.78. The Labute approximate surface area is 102 Å². The molecule has 1 aromatic rings. The van der Waals surface area contributed by atoms with Crippen LogP contribution in [0.4, 0.5) is 5.82 Å². The number of aryl methyl sites for hydroxylation is 1. The van der Waals surface area contributed by atoms with Crippen molar-refractivity contribution in [1.29, 1.82) is 0 Å². The second kappa shape index (κ2) is 4.87. The number of ether oxygens (including phenoxy) is 1. The minimum atomic E-state index is -0.0510. The van der Waals surface area contributed by atoms with E-state index < -0.39 is 0 Å². The zero-order valence-electron chi connectivity index (χ0n) is 10.5. The fourth-order valence-corrected chi connectivity index (χ4v) is 1.93. The van der Waals surface area contributed by atoms with E-state index in [0.717, 1.165) is 25.2 Å². The summed E-state index contributed by atoms with van der Waals surface area (Å²) in [4.78, 5) is 8.52. The number of nitrogens with one attached hydrogen (secondary N) is 1. The minimum Gasteiger partial charge on any atom is -0.478 e. The highest BCUT2D eigenvalue weighted by Gasteiger charge is 2.32. The Morgan fingerprint density at radius 2 is 2.24 bits per heavy atom. The average molecular weight is 236 g/mol. The van der Waals surface area contributed by atoms with Crippen molar-refractivity contribution in [2.24, 2.45) is 5.73 Å². The highest BCUT2D eigenvalue weighted by Crippen LogP contribution is 2.29. The van der Waals surface area contributed by atoms with Crippen LogP contribution in [0.25, 0.3) is 0 Å². The summed E-state index contributed by atoms with van der Waals surface area (Å²) in [5.74, 6) is 2.11. The molecular formula is C12H20N4O. The van der Waals surface area contributed by atoms with E-state index in [4.69, 9.17) is 10.5 Å². The monoisotopic (exact) mass is 236 g/mol. The summed E-state index contributed by atoms with van der Waals surface area (Å²) in [6.45, 7) is 5.16. The summed E-state index contributed by atoms with van der Waals surface area (Å²) in [5.41, 5.74) is 6.10. The van der Waals surface area contributed by atoms with Gasteiger partial charge in [-0.15, -0.1) is 0 Å². The Kier molecular flexibility index (Phi) is 3.47. The quantitative estimate of drug-likeness (QED) is 0.810. The molecule has 3 N–H and O–H groups in total. The normalized spacial score (nSPS) is 17.4. The molecule has 5 heteroatoms. The molecule has 94 valence electrons. The first-order valence-corrected chi connectivity index (χ1v) is 6.12. The fourth-order valence-electron chi connectivity index (χ4n) is 1.93. The molecule has 1 fully saturated rings. The van der Waals surface area contributed by atoms with E-state index in [1.54, 1.807) is 0 Å². The van der Waals surface area contributed by atoms with E-state index in [1.165, 1.54) is 6.42 Å². The fraction of sp³-hybridized carbons (Fsp3) is 0.667. The maximum Gasteiger partial charge on any atom is 0.218 e. The molecule has 0 unspecified atom stereocenters. The molecule has 0 aromatic carbocycles. The predicted octanol–water partition coefficient (Wildman–Crippen LogP) is 1.48. The Balaban J connectivity index is 1.99. The Hall–Kier alpha value is -1.36. The lowest BCUT2D eigenvalue weighted by Crippen LogP contribution is -2.52. The molecule has 0 atom stereocenters. The van der Waals surface area contributed by atoms with Crippen molar-refractivity contribution in [3.8, 4) is 5.88 Å². The number of hydrogen-bond acceptors (Lipinski definition) is 5. The summed E-state index contributed by atoms with van der Waals surface area (Å²) >= 11 is 0. The van der Waals surface area contributed by atoms with E-state index in [2.05, 4.69) is 15.3 Å². The van der Waals surface area contributed by atoms with E-state index >= 15 is 0 Å². The summed E-state index contributed by atoms with van der Waals surface area (Å²) in [7, 11) is 0. The third-order valence-electron chi connectivity index (χ3n) is 3.08. The first-order chi connectivity index (χ1) is 8.11. The largest absolute Gasteiger partial charge is 0.478 e. The minimum absolute atomic E-state index is 0.0510. The third kappa shape index (κ3) is 3.06. The molecule has 5 nitrogen and oxygen atoms in total. The molecule has 0 saturated heterocycles. The lowest BCUT2D eigenvalue weighted by molar-refractivity contribution is 0.265. The molecule has 1 aromatic heterocycles. The van der Waals surface area contributed by atoms with Crippen molar-refractivity contribution >= 4 is 5.82 Å². The van der Waals surface area contributed by atoms with Crippen LogP contribution in [-0.2, 0) is 0 Å². The maximum atomic E-state index is 6.15. The van der Waals surface area contributed by atoms with Gasteiger partial charge in [-0.3, -0.25) is 0 Å². The van der Waals surface area contributed by atoms with Gasteiger partial charge in [0.2, 0.25) is 5.88 Å². The molecule has 0 radical (unpaired) electrons. The molecule has 0 bridgehead atoms. The van der Waals surface area contributed by atoms with Crippen molar-refractivity contribution in [3.05, 3.63) is 11.9 Å². The molecule has 2 rings (SSSR count). The van der Waals surface area contributed by atoms with Gasteiger partial charge in [0.05, 0.1) is 6.61 Å². The molecule has 1 aliphatic rings. The molecule has 1 heterocycles. The van der Waals surface area contributed by atoms with Crippen molar-refractivity contribution in [1.82, 2.24) is 9.97 Å². The number of nitrogens with two attached hydrogens (primary N) is 1. The van der Waals surface area contributed by atoms with Gasteiger partial charge in [0.15, 0.2) is 0 Å². The van der Waals surface area contributed by atoms with Crippen molar-refractivity contribution in [2.75, 3.05) is 18.5 Å². The molecule has 0 spiro atoms. The van der Waals surface area contributed by atoms with E-state index in [9.17, 15) is 0 Å². The second-order valence-corrected chi connectivity index (χ2v) is 4.64. The maximum absolute atomic E-state index is 6.15. The Morgan fingerprint density at radius 3 is 2.82 bits per heavy atom. The summed E-state index contributed by atoms with van der Waals surface area (Å²) in [5, 5.41) is 3.27. The van der Waals surface area contributed by atoms with Gasteiger partial charge >= 0.3 is 0 Å². The van der Waals surface area contributed by atoms with Gasteiger partial charge in [-0.2, -0.15) is 4.98 Å². The van der Waals surface area contributed by atoms with Gasteiger partial charge in [0.25, 0.3) is 0 Å². The average Bonchev–Trinajstić information content (AvgIpc) is 2.23. The smallest absolute Gasteiger partial charge is 0.218 e. The molecule has 1 saturated carbocycles. The number of nitrogens with zero attached hydrogens (tertiary/aromatic N) is 2. The Morgan fingerprint density at radius 1 is 1.47 bits per heavy atom. The summed E-state index contributed by atoms with van der Waals surface area (Å²) in [6, 6.07) is 1.82. The molecule has 17 heavy (non-hydrogen) atoms. The van der Waals surface area contributed by atoms with Gasteiger partial charge in [-0.05, 0) is 33.1 Å². The number of rotatable bonds is 5. The van der Waals surface area contributed by atoms with Crippen LogP contribution in [0.1, 0.15) is 32.0 Å². The second-order valence-electron chi connectivity index (χ2n) is 4.64. The summed E-state index contributed by atoms with van der Waals surface area (Å²) < 4.78 is 5.38. The Bertz CT molecular complexity index is 390. The molecule has 0 amide bonds. The first kappa shape index (κ1) is 12.1. The van der Waals surface area contributed by atoms with E-state index in [-0.39, 0.29) is 5.54 Å². The van der Waals surface area contributed by atoms with Crippen molar-refractivity contribution < 1.29 is 4.74 Å². The molecular weight excluding hydrogens is 216 g/mol. The highest BCUT2D eigenvalue weighted by molar-refractivity contribution is 5.39. The van der Waals surface area contributed by atoms with E-state index in [0.29, 0.717) is 18.3 Å². The SMILES string of the molecule is CCOc1cc(NCC2(N)CCC2)nc(C)n1. The van der Waals surface area contributed by atoms with Crippen LogP contribution < -0.4 is 15.8 Å². The lowest BCUT2D eigenvalue weighted by Gasteiger charge is -2.38. The number of anilines is 1. The van der Waals surface area contributed by atoms with Gasteiger partial charge in [-0.1, -0.05) is 0 Å². The highest BCUT2D eigenvalue weighted by atomic mass is 16.5. The standard InChI is InChI=1S/C12H20N4O/c1-3-17-11-7-10(15-9(2)16-11)14-8-12(13)5-4-6-12/h7H,3-6,8,13H2,1-2H3,(H,14,15,16). The van der Waals surface area contributed by atoms with Crippen LogP contribution in [0, 0.1) is 6.92 Å². The van der Waals surface area contributed by atoms with Gasteiger partial charge in [0.1, 0.15) is 11.6 Å². The van der Waals surface area contributed by atoms with Gasteiger partial charge < -0.3 is 15.8 Å². The molecule has 0 aliphatic heterocycles. The van der Waals surface area contributed by atoms with Crippen LogP contribution in [0.5, 0.6) is 5.88 Å². The number of aromatic nitrogens is 2. The summed E-state index contributed by atoms with van der Waals surface area (Å²) in [6.07, 6.45) is 3.40.